The fourth-order valence-corrected chi connectivity index (χ4v) is 6.66. The maximum absolute atomic E-state index is 12.3. The molecule has 0 N–H and O–H groups in total. The number of benzene rings is 2. The number of fused-ring (bicyclic) bond motifs is 1. The molecule has 0 aromatic heterocycles. The molecule has 2 aromatic carbocycles. The molecule has 1 amide bonds. The highest BCUT2D eigenvalue weighted by Crippen LogP contribution is 2.28. The smallest absolute Gasteiger partial charge is 0.304 e. The number of hydrogen-bond donors (Lipinski definition) is 0. The summed E-state index contributed by atoms with van der Waals surface area (Å²) in [5.74, 6) is 0. The van der Waals surface area contributed by atoms with Crippen LogP contribution in [0.1, 0.15) is 50.2 Å². The van der Waals surface area contributed by atoms with Crippen LogP contribution in [-0.2, 0) is 33.9 Å². The Hall–Kier alpha value is -1.97. The summed E-state index contributed by atoms with van der Waals surface area (Å²) in [6, 6.07) is 16.7. The first kappa shape index (κ1) is 27.1. The molecule has 0 spiro atoms. The normalized spacial score (nSPS) is 23.4. The lowest BCUT2D eigenvalue weighted by Crippen LogP contribution is -2.48. The molecule has 3 aliphatic heterocycles. The van der Waals surface area contributed by atoms with Gasteiger partial charge in [-0.2, -0.15) is 4.89 Å². The lowest BCUT2D eigenvalue weighted by atomic mass is 10.0. The van der Waals surface area contributed by atoms with Crippen LogP contribution in [0.15, 0.2) is 53.4 Å². The number of rotatable bonds is 4. The van der Waals surface area contributed by atoms with E-state index in [1.165, 1.54) is 24.7 Å². The highest BCUT2D eigenvalue weighted by atomic mass is 35.5. The molecule has 9 heteroatoms. The van der Waals surface area contributed by atoms with Gasteiger partial charge in [-0.3, -0.25) is 9.79 Å². The highest BCUT2D eigenvalue weighted by Gasteiger charge is 2.32. The van der Waals surface area contributed by atoms with Gasteiger partial charge in [0.05, 0.1) is 12.0 Å². The fraction of sp³-hybridized carbons (Fsp3) is 0.519. The number of hydrogen-bond acceptors (Lipinski definition) is 5. The predicted molar refractivity (Wildman–Crippen MR) is 142 cm³/mol. The Morgan fingerprint density at radius 1 is 0.972 bits per heavy atom. The maximum atomic E-state index is 12.3. The maximum Gasteiger partial charge on any atom is 0.441 e. The van der Waals surface area contributed by atoms with Crippen LogP contribution in [0.5, 0.6) is 0 Å². The van der Waals surface area contributed by atoms with Crippen molar-refractivity contribution in [1.29, 1.82) is 0 Å². The molecule has 0 aliphatic carbocycles. The Morgan fingerprint density at radius 2 is 1.67 bits per heavy atom. The first-order valence-electron chi connectivity index (χ1n) is 12.7. The van der Waals surface area contributed by atoms with Gasteiger partial charge in [-0.25, -0.2) is 13.3 Å². The summed E-state index contributed by atoms with van der Waals surface area (Å²) in [7, 11) is 0.324. The summed E-state index contributed by atoms with van der Waals surface area (Å²) in [6.45, 7) is 6.50. The minimum absolute atomic E-state index is 0.381. The summed E-state index contributed by atoms with van der Waals surface area (Å²) >= 11 is 5.82. The Morgan fingerprint density at radius 3 is 2.31 bits per heavy atom. The van der Waals surface area contributed by atoms with Crippen molar-refractivity contribution in [1.82, 2.24) is 14.1 Å². The molecule has 2 unspecified atom stereocenters. The number of carbonyl (C=O) groups excluding carboxylic acids is 1. The van der Waals surface area contributed by atoms with Crippen molar-refractivity contribution >= 4 is 28.7 Å². The van der Waals surface area contributed by atoms with E-state index in [9.17, 15) is 9.00 Å². The van der Waals surface area contributed by atoms with Gasteiger partial charge >= 0.3 is 6.09 Å². The van der Waals surface area contributed by atoms with Gasteiger partial charge in [0.15, 0.2) is 0 Å². The third kappa shape index (κ3) is 6.86. The first-order valence-corrected chi connectivity index (χ1v) is 14.2. The molecule has 2 saturated heterocycles. The average molecular weight is 534 g/mol. The summed E-state index contributed by atoms with van der Waals surface area (Å²) in [5, 5.41) is 0.687. The molecule has 3 heterocycles. The number of halogens is 1. The predicted octanol–water partition coefficient (Wildman–Crippen LogP) is 5.40. The molecule has 5 rings (SSSR count). The van der Waals surface area contributed by atoms with Gasteiger partial charge in [0, 0.05) is 49.8 Å². The van der Waals surface area contributed by atoms with Crippen LogP contribution in [0, 0.1) is 0 Å². The number of carbonyl (C=O) groups is 1. The Bertz CT molecular complexity index is 1010. The summed E-state index contributed by atoms with van der Waals surface area (Å²) in [4.78, 5) is 25.9. The van der Waals surface area contributed by atoms with Crippen LogP contribution in [0.4, 0.5) is 4.79 Å². The number of nitrogens with zero attached hydrogens (tertiary/aromatic N) is 3. The summed E-state index contributed by atoms with van der Waals surface area (Å²) in [5.41, 5.74) is 2.81. The van der Waals surface area contributed by atoms with Crippen molar-refractivity contribution in [2.75, 3.05) is 26.7 Å². The molecule has 0 bridgehead atoms. The van der Waals surface area contributed by atoms with Crippen molar-refractivity contribution in [3.05, 3.63) is 64.7 Å². The van der Waals surface area contributed by atoms with Gasteiger partial charge in [-0.1, -0.05) is 42.3 Å². The average Bonchev–Trinajstić information content (AvgIpc) is 3.34. The topological polar surface area (TPSA) is 62.3 Å². The van der Waals surface area contributed by atoms with E-state index in [1.807, 2.05) is 12.1 Å². The van der Waals surface area contributed by atoms with E-state index in [1.54, 1.807) is 17.0 Å². The van der Waals surface area contributed by atoms with Gasteiger partial charge in [-0.15, -0.1) is 0 Å². The lowest BCUT2D eigenvalue weighted by molar-refractivity contribution is -0.222. The first-order chi connectivity index (χ1) is 17.5. The van der Waals surface area contributed by atoms with E-state index in [4.69, 9.17) is 11.6 Å². The molecule has 0 radical (unpaired) electrons. The molecular weight excluding hydrogens is 498 g/mol. The zero-order chi connectivity index (χ0) is 25.5. The van der Waals surface area contributed by atoms with Gasteiger partial charge in [0.25, 0.3) is 0 Å². The number of amides is 1. The Kier molecular flexibility index (Phi) is 9.79. The van der Waals surface area contributed by atoms with Crippen LogP contribution in [0.25, 0.3) is 0 Å². The van der Waals surface area contributed by atoms with Crippen molar-refractivity contribution in [3.63, 3.8) is 0 Å². The number of piperidine rings is 2. The van der Waals surface area contributed by atoms with Crippen LogP contribution in [0.3, 0.4) is 0 Å². The zero-order valence-electron chi connectivity index (χ0n) is 21.1. The van der Waals surface area contributed by atoms with Gasteiger partial charge in [0.2, 0.25) is 0 Å². The quantitative estimate of drug-likeness (QED) is 0.389. The molecule has 196 valence electrons. The van der Waals surface area contributed by atoms with Crippen molar-refractivity contribution in [2.45, 2.75) is 69.1 Å². The summed E-state index contributed by atoms with van der Waals surface area (Å²) < 4.78 is 14.4. The van der Waals surface area contributed by atoms with Crippen molar-refractivity contribution in [2.24, 2.45) is 0 Å². The second kappa shape index (κ2) is 13.0. The van der Waals surface area contributed by atoms with Crippen molar-refractivity contribution < 1.29 is 18.8 Å². The van der Waals surface area contributed by atoms with E-state index < -0.39 is 11.0 Å². The lowest BCUT2D eigenvalue weighted by Gasteiger charge is -2.36. The fourth-order valence-electron chi connectivity index (χ4n) is 5.16. The second-order valence-corrected chi connectivity index (χ2v) is 11.5. The molecule has 7 nitrogen and oxygen atoms in total. The highest BCUT2D eigenvalue weighted by molar-refractivity contribution is 7.82. The molecular formula is C27H36ClN3O4S. The molecule has 2 fully saturated rings. The van der Waals surface area contributed by atoms with Crippen LogP contribution in [-0.4, -0.2) is 63.2 Å². The monoisotopic (exact) mass is 533 g/mol. The zero-order valence-corrected chi connectivity index (χ0v) is 22.7. The minimum Gasteiger partial charge on any atom is -0.304 e. The van der Waals surface area contributed by atoms with Crippen molar-refractivity contribution in [3.8, 4) is 0 Å². The second-order valence-electron chi connectivity index (χ2n) is 9.62. The van der Waals surface area contributed by atoms with Gasteiger partial charge < -0.3 is 4.90 Å². The van der Waals surface area contributed by atoms with E-state index >= 15 is 0 Å². The Balaban J connectivity index is 0.000000174. The van der Waals surface area contributed by atoms with Gasteiger partial charge in [-0.05, 0) is 68.0 Å². The molecule has 2 aromatic rings. The van der Waals surface area contributed by atoms with Gasteiger partial charge in [0.1, 0.15) is 11.0 Å². The summed E-state index contributed by atoms with van der Waals surface area (Å²) in [6.07, 6.45) is 5.29. The SMILES string of the molecule is COOC(=O)N1CCCC(N2Cc3ccccc3C2)C1.C[C@@H]1CCCCN1S(=O)c1ccc(Cl)cc1. The number of likely N-dealkylation sites (tertiary alicyclic amines) is 1. The van der Waals surface area contributed by atoms with Crippen LogP contribution < -0.4 is 0 Å². The van der Waals surface area contributed by atoms with E-state index in [-0.39, 0.29) is 6.09 Å². The van der Waals surface area contributed by atoms with Crippen LogP contribution >= 0.6 is 11.6 Å². The largest absolute Gasteiger partial charge is 0.441 e. The van der Waals surface area contributed by atoms with Crippen LogP contribution in [0.2, 0.25) is 5.02 Å². The molecule has 36 heavy (non-hydrogen) atoms. The molecule has 3 atom stereocenters. The third-order valence-corrected chi connectivity index (χ3v) is 9.06. The Labute approximate surface area is 221 Å². The molecule has 0 saturated carbocycles. The van der Waals surface area contributed by atoms with E-state index in [0.29, 0.717) is 17.1 Å². The minimum atomic E-state index is -1.03. The molecule has 3 aliphatic rings. The van der Waals surface area contributed by atoms with E-state index in [2.05, 4.69) is 50.2 Å². The van der Waals surface area contributed by atoms with E-state index in [0.717, 1.165) is 63.3 Å². The standard InChI is InChI=1S/C15H20N2O3.C12H16ClNOS/c1-19-20-15(18)16-8-4-7-14(11-16)17-9-12-5-2-3-6-13(12)10-17;1-10-4-2-3-9-14(10)16(15)12-7-5-11(13)6-8-12/h2-3,5-6,14H,4,7-11H2,1H3;5-8,10H,2-4,9H2,1H3/t;10-,16?/m.1/s1. The third-order valence-electron chi connectivity index (χ3n) is 7.16.